The van der Waals surface area contributed by atoms with Gasteiger partial charge in [-0.3, -0.25) is 0 Å². The summed E-state index contributed by atoms with van der Waals surface area (Å²) in [6.45, 7) is 0. The van der Waals surface area contributed by atoms with Gasteiger partial charge < -0.3 is 13.9 Å². The summed E-state index contributed by atoms with van der Waals surface area (Å²) in [5.74, 6) is 1.74. The first kappa shape index (κ1) is 9.58. The summed E-state index contributed by atoms with van der Waals surface area (Å²) in [6, 6.07) is 7.46. The van der Waals surface area contributed by atoms with Crippen LogP contribution in [-0.4, -0.2) is 19.2 Å². The van der Waals surface area contributed by atoms with Crippen molar-refractivity contribution in [2.24, 2.45) is 0 Å². The molecule has 0 radical (unpaired) electrons. The molecule has 1 aromatic carbocycles. The highest BCUT2D eigenvalue weighted by molar-refractivity contribution is 5.54. The highest BCUT2D eigenvalue weighted by Gasteiger charge is 2.06. The van der Waals surface area contributed by atoms with E-state index in [9.17, 15) is 0 Å². The lowest BCUT2D eigenvalue weighted by molar-refractivity contribution is 0.309. The Kier molecular flexibility index (Phi) is 2.58. The summed E-state index contributed by atoms with van der Waals surface area (Å²) >= 11 is 0. The third-order valence-corrected chi connectivity index (χ3v) is 2.02. The fourth-order valence-electron chi connectivity index (χ4n) is 1.22. The van der Waals surface area contributed by atoms with Crippen LogP contribution in [0.3, 0.4) is 0 Å². The maximum absolute atomic E-state index is 5.32. The van der Waals surface area contributed by atoms with E-state index in [1.807, 2.05) is 24.3 Å². The van der Waals surface area contributed by atoms with Crippen LogP contribution in [0, 0.1) is 0 Å². The van der Waals surface area contributed by atoms with Crippen LogP contribution in [0.1, 0.15) is 0 Å². The normalized spacial score (nSPS) is 10.0. The van der Waals surface area contributed by atoms with E-state index >= 15 is 0 Å². The largest absolute Gasteiger partial charge is 0.497 e. The van der Waals surface area contributed by atoms with Crippen molar-refractivity contribution in [3.8, 4) is 23.1 Å². The number of oxazole rings is 1. The molecular formula is C11H11NO3. The van der Waals surface area contributed by atoms with E-state index in [4.69, 9.17) is 13.9 Å². The minimum atomic E-state index is 0.404. The van der Waals surface area contributed by atoms with E-state index in [0.29, 0.717) is 11.8 Å². The van der Waals surface area contributed by atoms with Gasteiger partial charge in [-0.1, -0.05) is 0 Å². The monoisotopic (exact) mass is 205 g/mol. The molecule has 2 aromatic rings. The van der Waals surface area contributed by atoms with Crippen LogP contribution in [0.2, 0.25) is 0 Å². The van der Waals surface area contributed by atoms with Gasteiger partial charge in [0.25, 0.3) is 0 Å². The average molecular weight is 205 g/mol. The second kappa shape index (κ2) is 4.04. The maximum atomic E-state index is 5.32. The SMILES string of the molecule is COc1ccc(-c2ncc(OC)o2)cc1. The molecule has 1 heterocycles. The van der Waals surface area contributed by atoms with Crippen LogP contribution in [0.15, 0.2) is 34.9 Å². The molecule has 2 rings (SSSR count). The number of nitrogens with zero attached hydrogens (tertiary/aromatic N) is 1. The molecule has 0 aliphatic rings. The van der Waals surface area contributed by atoms with Crippen molar-refractivity contribution in [2.75, 3.05) is 14.2 Å². The van der Waals surface area contributed by atoms with Crippen molar-refractivity contribution in [1.29, 1.82) is 0 Å². The van der Waals surface area contributed by atoms with Gasteiger partial charge in [-0.05, 0) is 24.3 Å². The highest BCUT2D eigenvalue weighted by Crippen LogP contribution is 2.24. The molecule has 4 nitrogen and oxygen atoms in total. The Morgan fingerprint density at radius 3 is 2.33 bits per heavy atom. The van der Waals surface area contributed by atoms with E-state index in [1.54, 1.807) is 13.3 Å². The predicted molar refractivity (Wildman–Crippen MR) is 55.0 cm³/mol. The van der Waals surface area contributed by atoms with Crippen LogP contribution >= 0.6 is 0 Å². The van der Waals surface area contributed by atoms with Crippen LogP contribution < -0.4 is 9.47 Å². The van der Waals surface area contributed by atoms with Gasteiger partial charge in [0.05, 0.1) is 14.2 Å². The molecule has 15 heavy (non-hydrogen) atoms. The zero-order valence-corrected chi connectivity index (χ0v) is 8.56. The van der Waals surface area contributed by atoms with E-state index in [1.165, 1.54) is 7.11 Å². The molecule has 78 valence electrons. The molecule has 0 atom stereocenters. The molecule has 0 unspecified atom stereocenters. The Hall–Kier alpha value is -1.97. The number of rotatable bonds is 3. The first-order valence-electron chi connectivity index (χ1n) is 4.47. The molecule has 0 aliphatic heterocycles. The summed E-state index contributed by atoms with van der Waals surface area (Å²) in [5.41, 5.74) is 0.888. The summed E-state index contributed by atoms with van der Waals surface area (Å²) in [6.07, 6.45) is 1.54. The Morgan fingerprint density at radius 2 is 1.80 bits per heavy atom. The number of benzene rings is 1. The van der Waals surface area contributed by atoms with E-state index in [-0.39, 0.29) is 0 Å². The molecule has 0 saturated carbocycles. The van der Waals surface area contributed by atoms with Gasteiger partial charge in [0.1, 0.15) is 11.9 Å². The Labute approximate surface area is 87.5 Å². The van der Waals surface area contributed by atoms with Gasteiger partial charge in [0.2, 0.25) is 5.89 Å². The van der Waals surface area contributed by atoms with Gasteiger partial charge in [-0.25, -0.2) is 4.98 Å². The van der Waals surface area contributed by atoms with Crippen LogP contribution in [0.4, 0.5) is 0 Å². The third-order valence-electron chi connectivity index (χ3n) is 2.02. The topological polar surface area (TPSA) is 44.5 Å². The van der Waals surface area contributed by atoms with Crippen LogP contribution in [0.25, 0.3) is 11.5 Å². The summed E-state index contributed by atoms with van der Waals surface area (Å²) in [5, 5.41) is 0. The molecule has 0 saturated heterocycles. The number of methoxy groups -OCH3 is 2. The van der Waals surface area contributed by atoms with Crippen LogP contribution in [-0.2, 0) is 0 Å². The molecule has 1 aromatic heterocycles. The lowest BCUT2D eigenvalue weighted by atomic mass is 10.2. The molecule has 0 spiro atoms. The Bertz CT molecular complexity index is 433. The number of hydrogen-bond donors (Lipinski definition) is 0. The fraction of sp³-hybridized carbons (Fsp3) is 0.182. The summed E-state index contributed by atoms with van der Waals surface area (Å²) < 4.78 is 15.3. The number of ether oxygens (including phenoxy) is 2. The van der Waals surface area contributed by atoms with Crippen molar-refractivity contribution in [3.63, 3.8) is 0 Å². The summed E-state index contributed by atoms with van der Waals surface area (Å²) in [7, 11) is 3.17. The molecule has 4 heteroatoms. The predicted octanol–water partition coefficient (Wildman–Crippen LogP) is 2.36. The van der Waals surface area contributed by atoms with E-state index < -0.39 is 0 Å². The van der Waals surface area contributed by atoms with Crippen LogP contribution in [0.5, 0.6) is 11.7 Å². The highest BCUT2D eigenvalue weighted by atomic mass is 16.6. The Morgan fingerprint density at radius 1 is 1.07 bits per heavy atom. The Balaban J connectivity index is 2.28. The minimum absolute atomic E-state index is 0.404. The van der Waals surface area contributed by atoms with Crippen molar-refractivity contribution in [2.45, 2.75) is 0 Å². The van der Waals surface area contributed by atoms with E-state index in [0.717, 1.165) is 11.3 Å². The van der Waals surface area contributed by atoms with Gasteiger partial charge in [0.15, 0.2) is 0 Å². The van der Waals surface area contributed by atoms with Gasteiger partial charge in [-0.2, -0.15) is 0 Å². The maximum Gasteiger partial charge on any atom is 0.305 e. The fourth-order valence-corrected chi connectivity index (χ4v) is 1.22. The van der Waals surface area contributed by atoms with Gasteiger partial charge >= 0.3 is 5.95 Å². The van der Waals surface area contributed by atoms with Crippen molar-refractivity contribution in [1.82, 2.24) is 4.98 Å². The zero-order valence-electron chi connectivity index (χ0n) is 8.56. The molecule has 0 fully saturated rings. The smallest absolute Gasteiger partial charge is 0.305 e. The molecule has 0 amide bonds. The third kappa shape index (κ3) is 1.93. The first-order chi connectivity index (χ1) is 7.33. The quantitative estimate of drug-likeness (QED) is 0.771. The number of hydrogen-bond acceptors (Lipinski definition) is 4. The number of aromatic nitrogens is 1. The van der Waals surface area contributed by atoms with Gasteiger partial charge in [-0.15, -0.1) is 0 Å². The molecular weight excluding hydrogens is 194 g/mol. The molecule has 0 N–H and O–H groups in total. The van der Waals surface area contributed by atoms with Crippen molar-refractivity contribution in [3.05, 3.63) is 30.5 Å². The van der Waals surface area contributed by atoms with E-state index in [2.05, 4.69) is 4.98 Å². The molecule has 0 bridgehead atoms. The van der Waals surface area contributed by atoms with Gasteiger partial charge in [0, 0.05) is 5.56 Å². The van der Waals surface area contributed by atoms with Crippen molar-refractivity contribution < 1.29 is 13.9 Å². The standard InChI is InChI=1S/C11H11NO3/c1-13-9-5-3-8(4-6-9)11-12-7-10(14-2)15-11/h3-7H,1-2H3. The minimum Gasteiger partial charge on any atom is -0.497 e. The molecule has 0 aliphatic carbocycles. The zero-order chi connectivity index (χ0) is 10.7. The second-order valence-corrected chi connectivity index (χ2v) is 2.92. The second-order valence-electron chi connectivity index (χ2n) is 2.92. The van der Waals surface area contributed by atoms with Crippen molar-refractivity contribution >= 4 is 0 Å². The lowest BCUT2D eigenvalue weighted by Crippen LogP contribution is -1.82. The lowest BCUT2D eigenvalue weighted by Gasteiger charge is -1.99. The first-order valence-corrected chi connectivity index (χ1v) is 4.47. The summed E-state index contributed by atoms with van der Waals surface area (Å²) in [4.78, 5) is 4.08. The average Bonchev–Trinajstić information content (AvgIpc) is 2.78.